The number of nitrogens with zero attached hydrogens (tertiary/aromatic N) is 3. The first kappa shape index (κ1) is 23.2. The molecule has 1 unspecified atom stereocenters. The summed E-state index contributed by atoms with van der Waals surface area (Å²) in [4.78, 5) is 26.1. The molecular formula is C30H28FN5O2. The molecule has 2 atom stereocenters. The fraction of sp³-hybridized carbons (Fsp3) is 0.367. The van der Waals surface area contributed by atoms with Crippen LogP contribution in [0.3, 0.4) is 0 Å². The van der Waals surface area contributed by atoms with Gasteiger partial charge in [-0.15, -0.1) is 0 Å². The van der Waals surface area contributed by atoms with Gasteiger partial charge in [-0.2, -0.15) is 0 Å². The van der Waals surface area contributed by atoms with E-state index in [9.17, 15) is 9.18 Å². The molecule has 192 valence electrons. The number of fused-ring (bicyclic) bond motifs is 2. The van der Waals surface area contributed by atoms with Gasteiger partial charge in [0, 0.05) is 45.9 Å². The molecule has 2 N–H and O–H groups in total. The van der Waals surface area contributed by atoms with E-state index in [0.29, 0.717) is 22.7 Å². The van der Waals surface area contributed by atoms with Gasteiger partial charge in [-0.1, -0.05) is 30.0 Å². The third-order valence-electron chi connectivity index (χ3n) is 7.98. The minimum Gasteiger partial charge on any atom is -0.380 e. The third-order valence-corrected chi connectivity index (χ3v) is 7.98. The number of aromatic nitrogens is 4. The van der Waals surface area contributed by atoms with E-state index < -0.39 is 12.2 Å². The first-order valence-electron chi connectivity index (χ1n) is 13.1. The lowest BCUT2D eigenvalue weighted by molar-refractivity contribution is -0.169. The highest BCUT2D eigenvalue weighted by molar-refractivity contribution is 5.93. The molecule has 1 amide bonds. The number of alkyl halides is 1. The van der Waals surface area contributed by atoms with Crippen molar-refractivity contribution in [3.05, 3.63) is 82.8 Å². The van der Waals surface area contributed by atoms with Crippen LogP contribution in [0.1, 0.15) is 57.7 Å². The molecule has 5 heterocycles. The van der Waals surface area contributed by atoms with Gasteiger partial charge in [-0.3, -0.25) is 4.79 Å². The van der Waals surface area contributed by atoms with Gasteiger partial charge in [0.25, 0.3) is 5.91 Å². The van der Waals surface area contributed by atoms with Crippen molar-refractivity contribution in [3.63, 3.8) is 0 Å². The van der Waals surface area contributed by atoms with Gasteiger partial charge in [-0.05, 0) is 49.4 Å². The van der Waals surface area contributed by atoms with Crippen molar-refractivity contribution in [2.24, 2.45) is 11.3 Å². The molecule has 7 rings (SSSR count). The zero-order chi connectivity index (χ0) is 25.9. The van der Waals surface area contributed by atoms with Crippen LogP contribution in [0.5, 0.6) is 0 Å². The minimum atomic E-state index is -0.951. The number of imidazole rings is 1. The van der Waals surface area contributed by atoms with E-state index in [4.69, 9.17) is 4.74 Å². The number of ether oxygens (including phenoxy) is 1. The number of rotatable bonds is 4. The summed E-state index contributed by atoms with van der Waals surface area (Å²) in [5.41, 5.74) is 5.37. The number of para-hydroxylation sites is 1. The zero-order valence-electron chi connectivity index (χ0n) is 21.1. The topological polar surface area (TPSA) is 84.8 Å². The average Bonchev–Trinajstić information content (AvgIpc) is 3.54. The van der Waals surface area contributed by atoms with Gasteiger partial charge < -0.3 is 19.6 Å². The minimum absolute atomic E-state index is 0.277. The second-order valence-electron chi connectivity index (χ2n) is 11.0. The first-order valence-corrected chi connectivity index (χ1v) is 13.1. The lowest BCUT2D eigenvalue weighted by Gasteiger charge is -2.51. The Morgan fingerprint density at radius 3 is 2.89 bits per heavy atom. The highest BCUT2D eigenvalue weighted by atomic mass is 19.1. The summed E-state index contributed by atoms with van der Waals surface area (Å²) in [6.07, 6.45) is 3.15. The van der Waals surface area contributed by atoms with Crippen LogP contribution in [0.25, 0.3) is 10.9 Å². The molecule has 2 fully saturated rings. The quantitative estimate of drug-likeness (QED) is 0.403. The van der Waals surface area contributed by atoms with E-state index in [1.807, 2.05) is 47.9 Å². The van der Waals surface area contributed by atoms with Gasteiger partial charge >= 0.3 is 0 Å². The van der Waals surface area contributed by atoms with Gasteiger partial charge in [0.1, 0.15) is 17.9 Å². The first-order chi connectivity index (χ1) is 18.4. The van der Waals surface area contributed by atoms with Crippen LogP contribution >= 0.6 is 0 Å². The molecule has 3 aliphatic rings. The van der Waals surface area contributed by atoms with E-state index in [1.165, 1.54) is 0 Å². The van der Waals surface area contributed by atoms with Crippen LogP contribution in [0, 0.1) is 30.1 Å². The highest BCUT2D eigenvalue weighted by Crippen LogP contribution is 2.50. The van der Waals surface area contributed by atoms with E-state index >= 15 is 0 Å². The Bertz CT molecular complexity index is 1580. The molecule has 1 saturated heterocycles. The number of nitrogens with one attached hydrogen (secondary N) is 2. The standard InChI is InChI=1S/C30H28FN5O2/c1-18-8-19(6-7-20-12-30(13-20)15-38-16-30)9-25(33-18)29(37)35-27(24-10-21-4-2-3-5-23(21)34-24)28-26-11-22(31)14-36(26)17-32-28/h2-5,8-10,17,20,22,27,34H,11-16H2,1H3,(H,35,37)/t22-,27?/m1/s1. The third kappa shape index (κ3) is 4.07. The molecular weight excluding hydrogens is 481 g/mol. The van der Waals surface area contributed by atoms with Crippen molar-refractivity contribution >= 4 is 16.8 Å². The molecule has 1 spiro atoms. The SMILES string of the molecule is Cc1cc(C#CC2CC3(COC3)C2)cc(C(=O)NC(c2cc3ccccc3[nH]2)c2ncn3c2C[C@@H](F)C3)n1. The number of hydrogen-bond acceptors (Lipinski definition) is 4. The molecule has 1 aromatic carbocycles. The number of aryl methyl sites for hydroxylation is 1. The van der Waals surface area contributed by atoms with Crippen molar-refractivity contribution < 1.29 is 13.9 Å². The van der Waals surface area contributed by atoms with Gasteiger partial charge in [0.2, 0.25) is 0 Å². The van der Waals surface area contributed by atoms with Crippen molar-refractivity contribution in [2.45, 2.75) is 44.9 Å². The normalized spacial score (nSPS) is 20.3. The number of benzene rings is 1. The predicted molar refractivity (Wildman–Crippen MR) is 140 cm³/mol. The number of carbonyl (C=O) groups excluding carboxylic acids is 1. The number of hydrogen-bond donors (Lipinski definition) is 2. The Hall–Kier alpha value is -3.96. The van der Waals surface area contributed by atoms with Crippen LogP contribution in [0.4, 0.5) is 4.39 Å². The predicted octanol–water partition coefficient (Wildman–Crippen LogP) is 4.26. The summed E-state index contributed by atoms with van der Waals surface area (Å²) in [6.45, 7) is 3.86. The van der Waals surface area contributed by atoms with Crippen LogP contribution in [-0.4, -0.2) is 44.8 Å². The monoisotopic (exact) mass is 509 g/mol. The van der Waals surface area contributed by atoms with E-state index in [2.05, 4.69) is 32.1 Å². The number of halogens is 1. The lowest BCUT2D eigenvalue weighted by Crippen LogP contribution is -2.51. The Morgan fingerprint density at radius 1 is 1.26 bits per heavy atom. The summed E-state index contributed by atoms with van der Waals surface area (Å²) in [7, 11) is 0. The number of amides is 1. The maximum atomic E-state index is 14.2. The summed E-state index contributed by atoms with van der Waals surface area (Å²) in [5, 5.41) is 4.16. The van der Waals surface area contributed by atoms with Crippen LogP contribution < -0.4 is 5.32 Å². The van der Waals surface area contributed by atoms with Crippen molar-refractivity contribution in [2.75, 3.05) is 13.2 Å². The largest absolute Gasteiger partial charge is 0.380 e. The van der Waals surface area contributed by atoms with Crippen molar-refractivity contribution in [1.82, 2.24) is 24.8 Å². The summed E-state index contributed by atoms with van der Waals surface area (Å²) < 4.78 is 21.4. The Morgan fingerprint density at radius 2 is 2.11 bits per heavy atom. The molecule has 7 nitrogen and oxygen atoms in total. The fourth-order valence-electron chi connectivity index (χ4n) is 6.04. The van der Waals surface area contributed by atoms with E-state index in [-0.39, 0.29) is 18.9 Å². The van der Waals surface area contributed by atoms with E-state index in [1.54, 1.807) is 12.4 Å². The summed E-state index contributed by atoms with van der Waals surface area (Å²) >= 11 is 0. The van der Waals surface area contributed by atoms with Gasteiger partial charge in [0.15, 0.2) is 0 Å². The highest BCUT2D eigenvalue weighted by Gasteiger charge is 2.49. The molecule has 3 aromatic heterocycles. The van der Waals surface area contributed by atoms with Crippen LogP contribution in [0.15, 0.2) is 48.8 Å². The number of pyridine rings is 1. The van der Waals surface area contributed by atoms with Crippen molar-refractivity contribution in [1.29, 1.82) is 0 Å². The zero-order valence-corrected chi connectivity index (χ0v) is 21.1. The van der Waals surface area contributed by atoms with E-state index in [0.717, 1.165) is 59.6 Å². The van der Waals surface area contributed by atoms with Crippen molar-refractivity contribution in [3.8, 4) is 11.8 Å². The van der Waals surface area contributed by atoms with Gasteiger partial charge in [0.05, 0.1) is 31.8 Å². The lowest BCUT2D eigenvalue weighted by atomic mass is 9.61. The number of H-pyrrole nitrogens is 1. The average molecular weight is 510 g/mol. The molecule has 0 bridgehead atoms. The number of carbonyl (C=O) groups is 1. The van der Waals surface area contributed by atoms with Gasteiger partial charge in [-0.25, -0.2) is 14.4 Å². The Labute approximate surface area is 219 Å². The van der Waals surface area contributed by atoms with Crippen LogP contribution in [-0.2, 0) is 17.7 Å². The molecule has 1 aliphatic carbocycles. The molecule has 4 aromatic rings. The molecule has 2 aliphatic heterocycles. The molecule has 8 heteroatoms. The fourth-order valence-corrected chi connectivity index (χ4v) is 6.04. The second-order valence-corrected chi connectivity index (χ2v) is 11.0. The molecule has 0 radical (unpaired) electrons. The summed E-state index contributed by atoms with van der Waals surface area (Å²) in [5.74, 6) is 6.68. The molecule has 1 saturated carbocycles. The Balaban J connectivity index is 1.18. The van der Waals surface area contributed by atoms with Crippen LogP contribution in [0.2, 0.25) is 0 Å². The summed E-state index contributed by atoms with van der Waals surface area (Å²) in [6, 6.07) is 13.0. The molecule has 38 heavy (non-hydrogen) atoms. The Kier molecular flexibility index (Phi) is 5.38. The smallest absolute Gasteiger partial charge is 0.270 e. The maximum Gasteiger partial charge on any atom is 0.270 e. The maximum absolute atomic E-state index is 14.2. The second kappa shape index (κ2) is 8.81. The number of aromatic amines is 1.